The number of aryl methyl sites for hydroxylation is 1. The Morgan fingerprint density at radius 2 is 2.09 bits per heavy atom. The van der Waals surface area contributed by atoms with Crippen LogP contribution in [0.2, 0.25) is 0 Å². The lowest BCUT2D eigenvalue weighted by atomic mass is 10.1. The maximum atomic E-state index is 12.9. The molecule has 2 atom stereocenters. The van der Waals surface area contributed by atoms with E-state index in [-0.39, 0.29) is 24.8 Å². The molecule has 0 saturated carbocycles. The average Bonchev–Trinajstić information content (AvgIpc) is 2.84. The first kappa shape index (κ1) is 26.3. The van der Waals surface area contributed by atoms with E-state index >= 15 is 0 Å². The van der Waals surface area contributed by atoms with Crippen molar-refractivity contribution in [2.75, 3.05) is 13.2 Å². The maximum absolute atomic E-state index is 12.9. The number of aliphatic hydroxyl groups is 1. The number of ether oxygens (including phenoxy) is 1. The third-order valence-corrected chi connectivity index (χ3v) is 4.81. The molecule has 2 unspecified atom stereocenters. The molecule has 2 heterocycles. The van der Waals surface area contributed by atoms with Crippen molar-refractivity contribution in [3.05, 3.63) is 76.4 Å². The molecule has 1 aromatic heterocycles. The smallest absolute Gasteiger partial charge is 0.260 e. The third kappa shape index (κ3) is 6.09. The number of nitrogens with zero attached hydrogens (tertiary/aromatic N) is 2. The number of aromatic amines is 1. The highest BCUT2D eigenvalue weighted by Crippen LogP contribution is 2.22. The normalized spacial score (nSPS) is 17.6. The molecule has 1 aliphatic rings. The maximum Gasteiger partial charge on any atom is 0.260 e. The second kappa shape index (κ2) is 12.3. The Hall–Kier alpha value is -3.96. The summed E-state index contributed by atoms with van der Waals surface area (Å²) >= 11 is 0. The first-order valence-corrected chi connectivity index (χ1v) is 10.8. The number of hydrogen-bond acceptors (Lipinski definition) is 9. The fourth-order valence-corrected chi connectivity index (χ4v) is 3.19. The standard InChI is InChI=1S/C21H25N7O4.C2H6/c1-12-2-3-15-14(10-12)20(30)27-19(26-15)17(29)18-21(31)28(8-9-32-18)16(24)5-7-25-13(11-23)4-6-22;1-2/h2-7,10-11,17-18,24-25,29H,8-9,22-23H2,1H3,(H,26,27,30);1-2H3/b6-4-,7-5-,13-11+,24-16?;. The first-order chi connectivity index (χ1) is 16.3. The van der Waals surface area contributed by atoms with E-state index < -0.39 is 23.7 Å². The molecular formula is C23H31N7O4. The second-order valence-corrected chi connectivity index (χ2v) is 7.04. The van der Waals surface area contributed by atoms with Crippen LogP contribution < -0.4 is 22.3 Å². The zero-order chi connectivity index (χ0) is 25.3. The zero-order valence-electron chi connectivity index (χ0n) is 19.4. The highest BCUT2D eigenvalue weighted by atomic mass is 16.5. The summed E-state index contributed by atoms with van der Waals surface area (Å²) in [5.74, 6) is -0.824. The third-order valence-electron chi connectivity index (χ3n) is 4.81. The van der Waals surface area contributed by atoms with Crippen molar-refractivity contribution in [1.82, 2.24) is 20.2 Å². The van der Waals surface area contributed by atoms with E-state index in [1.165, 1.54) is 35.7 Å². The Bertz CT molecular complexity index is 1170. The molecule has 1 amide bonds. The number of H-pyrrole nitrogens is 1. The van der Waals surface area contributed by atoms with Gasteiger partial charge in [0, 0.05) is 12.4 Å². The molecule has 0 aliphatic carbocycles. The van der Waals surface area contributed by atoms with Gasteiger partial charge in [-0.2, -0.15) is 0 Å². The minimum Gasteiger partial charge on any atom is -0.405 e. The van der Waals surface area contributed by atoms with Gasteiger partial charge in [-0.05, 0) is 37.4 Å². The van der Waals surface area contributed by atoms with Crippen LogP contribution in [0.5, 0.6) is 0 Å². The molecule has 1 aromatic carbocycles. The van der Waals surface area contributed by atoms with Crippen molar-refractivity contribution in [3.63, 3.8) is 0 Å². The minimum absolute atomic E-state index is 0.0819. The summed E-state index contributed by atoms with van der Waals surface area (Å²) in [6.45, 7) is 6.08. The fourth-order valence-electron chi connectivity index (χ4n) is 3.19. The quantitative estimate of drug-likeness (QED) is 0.204. The summed E-state index contributed by atoms with van der Waals surface area (Å²) in [5.41, 5.74) is 12.1. The molecule has 8 N–H and O–H groups in total. The SMILES string of the molecule is CC.Cc1ccc2nc(C(O)C3OCCN(C(=N)/C=C\NC(/C=C\N)=C/N)C3=O)[nH]c(=O)c2c1. The number of aliphatic hydroxyl groups excluding tert-OH is 1. The number of morpholine rings is 1. The van der Waals surface area contributed by atoms with Gasteiger partial charge >= 0.3 is 0 Å². The van der Waals surface area contributed by atoms with Gasteiger partial charge < -0.3 is 31.6 Å². The van der Waals surface area contributed by atoms with Gasteiger partial charge in [0.2, 0.25) is 0 Å². The monoisotopic (exact) mass is 469 g/mol. The topological polar surface area (TPSA) is 183 Å². The Balaban J connectivity index is 0.00000199. The van der Waals surface area contributed by atoms with E-state index in [4.69, 9.17) is 21.6 Å². The molecule has 1 saturated heterocycles. The van der Waals surface area contributed by atoms with Crippen LogP contribution in [0.1, 0.15) is 31.3 Å². The molecule has 11 nitrogen and oxygen atoms in total. The van der Waals surface area contributed by atoms with Crippen molar-refractivity contribution in [2.45, 2.75) is 33.0 Å². The molecule has 0 bridgehead atoms. The van der Waals surface area contributed by atoms with Gasteiger partial charge in [-0.3, -0.25) is 19.9 Å². The summed E-state index contributed by atoms with van der Waals surface area (Å²) in [4.78, 5) is 33.3. The Labute approximate surface area is 197 Å². The number of nitrogens with two attached hydrogens (primary N) is 2. The Morgan fingerprint density at radius 3 is 2.76 bits per heavy atom. The molecule has 0 spiro atoms. The molecule has 11 heteroatoms. The van der Waals surface area contributed by atoms with Crippen LogP contribution in [0.15, 0.2) is 59.4 Å². The lowest BCUT2D eigenvalue weighted by Crippen LogP contribution is -2.52. The first-order valence-electron chi connectivity index (χ1n) is 10.8. The van der Waals surface area contributed by atoms with E-state index in [1.54, 1.807) is 18.2 Å². The van der Waals surface area contributed by atoms with Crippen molar-refractivity contribution in [3.8, 4) is 0 Å². The lowest BCUT2D eigenvalue weighted by Gasteiger charge is -2.33. The van der Waals surface area contributed by atoms with Crippen molar-refractivity contribution < 1.29 is 14.6 Å². The molecule has 0 radical (unpaired) electrons. The van der Waals surface area contributed by atoms with Gasteiger partial charge in [0.25, 0.3) is 11.5 Å². The fraction of sp³-hybridized carbons (Fsp3) is 0.304. The van der Waals surface area contributed by atoms with Crippen LogP contribution in [-0.2, 0) is 9.53 Å². The number of allylic oxidation sites excluding steroid dienone is 1. The summed E-state index contributed by atoms with van der Waals surface area (Å²) in [5, 5.41) is 22.1. The molecular weight excluding hydrogens is 438 g/mol. The number of amides is 1. The van der Waals surface area contributed by atoms with Gasteiger partial charge in [-0.1, -0.05) is 25.5 Å². The minimum atomic E-state index is -1.51. The van der Waals surface area contributed by atoms with E-state index in [0.717, 1.165) is 5.56 Å². The Kier molecular flexibility index (Phi) is 9.53. The highest BCUT2D eigenvalue weighted by molar-refractivity contribution is 6.04. The molecule has 1 aliphatic heterocycles. The van der Waals surface area contributed by atoms with E-state index in [9.17, 15) is 14.7 Å². The number of benzene rings is 1. The van der Waals surface area contributed by atoms with E-state index in [2.05, 4.69) is 15.3 Å². The second-order valence-electron chi connectivity index (χ2n) is 7.04. The summed E-state index contributed by atoms with van der Waals surface area (Å²) in [6.07, 6.45) is 4.07. The van der Waals surface area contributed by atoms with Gasteiger partial charge in [0.15, 0.2) is 6.10 Å². The number of amidine groups is 1. The van der Waals surface area contributed by atoms with Gasteiger partial charge in [-0.25, -0.2) is 4.98 Å². The highest BCUT2D eigenvalue weighted by Gasteiger charge is 2.38. The zero-order valence-corrected chi connectivity index (χ0v) is 19.4. The van der Waals surface area contributed by atoms with E-state index in [1.807, 2.05) is 20.8 Å². The predicted molar refractivity (Wildman–Crippen MR) is 130 cm³/mol. The lowest BCUT2D eigenvalue weighted by molar-refractivity contribution is -0.157. The number of carbonyl (C=O) groups is 1. The molecule has 182 valence electrons. The molecule has 3 rings (SSSR count). The molecule has 1 fully saturated rings. The summed E-state index contributed by atoms with van der Waals surface area (Å²) in [6, 6.07) is 5.16. The van der Waals surface area contributed by atoms with Crippen LogP contribution in [0.25, 0.3) is 10.9 Å². The van der Waals surface area contributed by atoms with Crippen LogP contribution in [0.3, 0.4) is 0 Å². The number of nitrogens with one attached hydrogen (secondary N) is 3. The largest absolute Gasteiger partial charge is 0.405 e. The van der Waals surface area contributed by atoms with Gasteiger partial charge in [0.05, 0.1) is 29.8 Å². The summed E-state index contributed by atoms with van der Waals surface area (Å²) < 4.78 is 5.46. The number of fused-ring (bicyclic) bond motifs is 1. The Morgan fingerprint density at radius 1 is 1.35 bits per heavy atom. The van der Waals surface area contributed by atoms with Gasteiger partial charge in [-0.15, -0.1) is 0 Å². The van der Waals surface area contributed by atoms with E-state index in [0.29, 0.717) is 16.6 Å². The van der Waals surface area contributed by atoms with Gasteiger partial charge in [0.1, 0.15) is 17.8 Å². The average molecular weight is 470 g/mol. The van der Waals surface area contributed by atoms with Crippen molar-refractivity contribution in [2.24, 2.45) is 11.5 Å². The van der Waals surface area contributed by atoms with Crippen LogP contribution in [0.4, 0.5) is 0 Å². The number of carbonyl (C=O) groups excluding carboxylic acids is 1. The molecule has 34 heavy (non-hydrogen) atoms. The van der Waals surface area contributed by atoms with Crippen LogP contribution in [0, 0.1) is 12.3 Å². The molecule has 2 aromatic rings. The van der Waals surface area contributed by atoms with Crippen molar-refractivity contribution >= 4 is 22.6 Å². The number of hydrogen-bond donors (Lipinski definition) is 6. The number of rotatable bonds is 6. The number of aromatic nitrogens is 2. The summed E-state index contributed by atoms with van der Waals surface area (Å²) in [7, 11) is 0. The van der Waals surface area contributed by atoms with Crippen LogP contribution >= 0.6 is 0 Å². The predicted octanol–water partition coefficient (Wildman–Crippen LogP) is 0.872. The van der Waals surface area contributed by atoms with Crippen molar-refractivity contribution in [1.29, 1.82) is 5.41 Å². The van der Waals surface area contributed by atoms with Crippen LogP contribution in [-0.4, -0.2) is 51.0 Å².